The molecule has 1 aliphatic heterocycles. The van der Waals surface area contributed by atoms with Crippen LogP contribution in [-0.4, -0.2) is 43.2 Å². The van der Waals surface area contributed by atoms with E-state index in [0.717, 1.165) is 17.4 Å². The van der Waals surface area contributed by atoms with Crippen LogP contribution in [0.15, 0.2) is 24.9 Å². The van der Waals surface area contributed by atoms with Gasteiger partial charge >= 0.3 is 7.12 Å². The number of aromatic amines is 1. The molecule has 4 heterocycles. The van der Waals surface area contributed by atoms with E-state index in [9.17, 15) is 0 Å². The van der Waals surface area contributed by atoms with Crippen LogP contribution in [0, 0.1) is 0 Å². The summed E-state index contributed by atoms with van der Waals surface area (Å²) in [6.07, 6.45) is 5.57. The number of anilines is 1. The molecule has 3 aromatic rings. The van der Waals surface area contributed by atoms with Crippen molar-refractivity contribution in [1.29, 1.82) is 0 Å². The van der Waals surface area contributed by atoms with Gasteiger partial charge in [-0.05, 0) is 34.1 Å². The number of H-pyrrole nitrogens is 1. The van der Waals surface area contributed by atoms with Gasteiger partial charge in [-0.15, -0.1) is 0 Å². The minimum absolute atomic E-state index is 0.118. The van der Waals surface area contributed by atoms with E-state index in [0.29, 0.717) is 22.1 Å². The largest absolute Gasteiger partial charge is 0.496 e. The summed E-state index contributed by atoms with van der Waals surface area (Å²) in [5.74, 6) is 0.639. The number of fused-ring (bicyclic) bond motifs is 1. The number of aromatic nitrogens is 5. The van der Waals surface area contributed by atoms with Crippen molar-refractivity contribution in [2.75, 3.05) is 5.32 Å². The summed E-state index contributed by atoms with van der Waals surface area (Å²) in [6.45, 7) is 10.2. The standard InChI is InChI=1S/C19H24BClN6O2/c1-6-13(27-17-14-16(24-9-23-14)25-10-26-17)12-7-11(8-22-15(12)21)20-28-18(2,3)19(4,5)29-20/h7-10,13H,6H2,1-5H3,(H2,23,24,25,26,27). The first-order valence-corrected chi connectivity index (χ1v) is 10.0. The molecule has 1 aliphatic rings. The lowest BCUT2D eigenvalue weighted by Gasteiger charge is -2.32. The van der Waals surface area contributed by atoms with E-state index in [1.165, 1.54) is 6.33 Å². The number of nitrogens with zero attached hydrogens (tertiary/aromatic N) is 4. The maximum Gasteiger partial charge on any atom is 0.496 e. The predicted octanol–water partition coefficient (Wildman–Crippen LogP) is 3.26. The zero-order valence-corrected chi connectivity index (χ0v) is 17.9. The molecular weight excluding hydrogens is 391 g/mol. The molecule has 0 aromatic carbocycles. The molecule has 0 spiro atoms. The minimum atomic E-state index is -0.502. The summed E-state index contributed by atoms with van der Waals surface area (Å²) in [7, 11) is -0.502. The third-order valence-corrected chi connectivity index (χ3v) is 6.04. The fraction of sp³-hybridized carbons (Fsp3) is 0.474. The summed E-state index contributed by atoms with van der Waals surface area (Å²) in [5.41, 5.74) is 2.18. The molecule has 1 fully saturated rings. The Hall–Kier alpha value is -2.23. The quantitative estimate of drug-likeness (QED) is 0.488. The topological polar surface area (TPSA) is 97.8 Å². The van der Waals surface area contributed by atoms with Crippen molar-refractivity contribution in [3.8, 4) is 0 Å². The molecule has 0 amide bonds. The van der Waals surface area contributed by atoms with Crippen LogP contribution in [-0.2, 0) is 9.31 Å². The van der Waals surface area contributed by atoms with Gasteiger partial charge in [0, 0.05) is 17.2 Å². The van der Waals surface area contributed by atoms with Gasteiger partial charge in [-0.2, -0.15) is 0 Å². The molecule has 1 saturated heterocycles. The third-order valence-electron chi connectivity index (χ3n) is 5.72. The molecule has 3 aromatic heterocycles. The van der Waals surface area contributed by atoms with Gasteiger partial charge in [0.15, 0.2) is 11.5 Å². The lowest BCUT2D eigenvalue weighted by atomic mass is 9.79. The predicted molar refractivity (Wildman–Crippen MR) is 113 cm³/mol. The molecular formula is C19H24BClN6O2. The monoisotopic (exact) mass is 414 g/mol. The van der Waals surface area contributed by atoms with Gasteiger partial charge in [0.05, 0.1) is 23.6 Å². The highest BCUT2D eigenvalue weighted by Crippen LogP contribution is 2.37. The maximum absolute atomic E-state index is 6.46. The van der Waals surface area contributed by atoms with Crippen molar-refractivity contribution in [2.45, 2.75) is 58.3 Å². The fourth-order valence-corrected chi connectivity index (χ4v) is 3.50. The van der Waals surface area contributed by atoms with E-state index in [2.05, 4.69) is 37.2 Å². The summed E-state index contributed by atoms with van der Waals surface area (Å²) in [6, 6.07) is 1.87. The van der Waals surface area contributed by atoms with E-state index in [-0.39, 0.29) is 6.04 Å². The molecule has 1 unspecified atom stereocenters. The zero-order chi connectivity index (χ0) is 20.8. The van der Waals surface area contributed by atoms with Gasteiger partial charge in [-0.1, -0.05) is 24.6 Å². The second-order valence-electron chi connectivity index (χ2n) is 8.16. The van der Waals surface area contributed by atoms with Crippen molar-refractivity contribution in [3.63, 3.8) is 0 Å². The molecule has 0 aliphatic carbocycles. The summed E-state index contributed by atoms with van der Waals surface area (Å²) < 4.78 is 12.3. The first-order chi connectivity index (χ1) is 13.7. The SMILES string of the molecule is CCC(Nc1ncnc2[nH]cnc12)c1cc(B2OC(C)(C)C(C)(C)O2)cnc1Cl. The molecule has 4 rings (SSSR count). The van der Waals surface area contributed by atoms with Gasteiger partial charge in [0.25, 0.3) is 0 Å². The molecule has 2 N–H and O–H groups in total. The zero-order valence-electron chi connectivity index (χ0n) is 17.2. The van der Waals surface area contributed by atoms with Gasteiger partial charge < -0.3 is 19.6 Å². The first kappa shape index (κ1) is 20.1. The summed E-state index contributed by atoms with van der Waals surface area (Å²) >= 11 is 6.46. The Morgan fingerprint density at radius 2 is 1.86 bits per heavy atom. The molecule has 8 nitrogen and oxygen atoms in total. The van der Waals surface area contributed by atoms with Gasteiger partial charge in [0.2, 0.25) is 0 Å². The van der Waals surface area contributed by atoms with E-state index < -0.39 is 18.3 Å². The van der Waals surface area contributed by atoms with Crippen molar-refractivity contribution in [2.24, 2.45) is 0 Å². The summed E-state index contributed by atoms with van der Waals surface area (Å²) in [5, 5.41) is 3.85. The van der Waals surface area contributed by atoms with Crippen LogP contribution in [0.2, 0.25) is 5.15 Å². The Bertz CT molecular complexity index is 1020. The Kier molecular flexibility index (Phi) is 5.00. The molecule has 29 heavy (non-hydrogen) atoms. The second-order valence-corrected chi connectivity index (χ2v) is 8.52. The Labute approximate surface area is 175 Å². The number of pyridine rings is 1. The van der Waals surface area contributed by atoms with Crippen molar-refractivity contribution < 1.29 is 9.31 Å². The number of imidazole rings is 1. The lowest BCUT2D eigenvalue weighted by molar-refractivity contribution is 0.00578. The normalized spacial score (nSPS) is 18.9. The highest BCUT2D eigenvalue weighted by molar-refractivity contribution is 6.62. The highest BCUT2D eigenvalue weighted by atomic mass is 35.5. The van der Waals surface area contributed by atoms with Gasteiger partial charge in [-0.25, -0.2) is 19.9 Å². The number of nitrogens with one attached hydrogen (secondary N) is 2. The average Bonchev–Trinajstić information content (AvgIpc) is 3.23. The van der Waals surface area contributed by atoms with Crippen molar-refractivity contribution in [3.05, 3.63) is 35.6 Å². The highest BCUT2D eigenvalue weighted by Gasteiger charge is 2.52. The average molecular weight is 415 g/mol. The second kappa shape index (κ2) is 7.23. The number of hydrogen-bond acceptors (Lipinski definition) is 7. The molecule has 0 radical (unpaired) electrons. The van der Waals surface area contributed by atoms with E-state index in [4.69, 9.17) is 20.9 Å². The number of halogens is 1. The van der Waals surface area contributed by atoms with Gasteiger partial charge in [-0.3, -0.25) is 0 Å². The van der Waals surface area contributed by atoms with Crippen LogP contribution in [0.5, 0.6) is 0 Å². The molecule has 152 valence electrons. The smallest absolute Gasteiger partial charge is 0.399 e. The van der Waals surface area contributed by atoms with Gasteiger partial charge in [0.1, 0.15) is 17.0 Å². The number of rotatable bonds is 5. The van der Waals surface area contributed by atoms with Crippen LogP contribution < -0.4 is 10.8 Å². The maximum atomic E-state index is 6.46. The Morgan fingerprint density at radius 1 is 1.14 bits per heavy atom. The lowest BCUT2D eigenvalue weighted by Crippen LogP contribution is -2.41. The molecule has 0 saturated carbocycles. The number of hydrogen-bond donors (Lipinski definition) is 2. The third kappa shape index (κ3) is 3.58. The van der Waals surface area contributed by atoms with Crippen LogP contribution >= 0.6 is 11.6 Å². The first-order valence-electron chi connectivity index (χ1n) is 9.63. The van der Waals surface area contributed by atoms with Crippen molar-refractivity contribution >= 4 is 41.2 Å². The molecule has 1 atom stereocenters. The van der Waals surface area contributed by atoms with Crippen LogP contribution in [0.25, 0.3) is 11.2 Å². The Morgan fingerprint density at radius 3 is 2.55 bits per heavy atom. The molecule has 10 heteroatoms. The van der Waals surface area contributed by atoms with E-state index in [1.54, 1.807) is 12.5 Å². The van der Waals surface area contributed by atoms with Crippen molar-refractivity contribution in [1.82, 2.24) is 24.9 Å². The van der Waals surface area contributed by atoms with Crippen LogP contribution in [0.1, 0.15) is 52.6 Å². The fourth-order valence-electron chi connectivity index (χ4n) is 3.27. The summed E-state index contributed by atoms with van der Waals surface area (Å²) in [4.78, 5) is 20.2. The van der Waals surface area contributed by atoms with E-state index in [1.807, 2.05) is 33.8 Å². The minimum Gasteiger partial charge on any atom is -0.399 e. The Balaban J connectivity index is 1.65. The van der Waals surface area contributed by atoms with E-state index >= 15 is 0 Å². The van der Waals surface area contributed by atoms with Crippen LogP contribution in [0.4, 0.5) is 5.82 Å². The van der Waals surface area contributed by atoms with Crippen LogP contribution in [0.3, 0.4) is 0 Å². The molecule has 0 bridgehead atoms.